The van der Waals surface area contributed by atoms with E-state index in [9.17, 15) is 13.2 Å². The van der Waals surface area contributed by atoms with Gasteiger partial charge in [0.25, 0.3) is 5.82 Å². The second kappa shape index (κ2) is 4.22. The Balaban J connectivity index is 2.42. The van der Waals surface area contributed by atoms with Crippen molar-refractivity contribution in [1.29, 1.82) is 0 Å². The number of nitrogens with two attached hydrogens (primary N) is 1. The summed E-state index contributed by atoms with van der Waals surface area (Å²) in [5, 5.41) is 11.0. The molecule has 1 unspecified atom stereocenters. The maximum atomic E-state index is 12.5. The maximum Gasteiger partial charge on any atom is 0.453 e. The van der Waals surface area contributed by atoms with Crippen molar-refractivity contribution < 1.29 is 13.2 Å². The summed E-state index contributed by atoms with van der Waals surface area (Å²) in [5.74, 6) is -1.07. The summed E-state index contributed by atoms with van der Waals surface area (Å²) in [6.45, 7) is 2.33. The van der Waals surface area contributed by atoms with Gasteiger partial charge in [-0.25, -0.2) is 0 Å². The van der Waals surface area contributed by atoms with Crippen molar-refractivity contribution in [2.75, 3.05) is 6.54 Å². The lowest BCUT2D eigenvalue weighted by molar-refractivity contribution is -0.146. The zero-order valence-electron chi connectivity index (χ0n) is 8.90. The highest BCUT2D eigenvalue weighted by atomic mass is 32.1. The number of nitrogens with zero attached hydrogens (tertiary/aromatic N) is 4. The molecule has 0 saturated carbocycles. The zero-order valence-corrected chi connectivity index (χ0v) is 9.72. The summed E-state index contributed by atoms with van der Waals surface area (Å²) in [5.41, 5.74) is 5.40. The van der Waals surface area contributed by atoms with E-state index in [-0.39, 0.29) is 10.9 Å². The number of aromatic nitrogens is 4. The van der Waals surface area contributed by atoms with Gasteiger partial charge < -0.3 is 5.73 Å². The average Bonchev–Trinajstić information content (AvgIpc) is 2.73. The van der Waals surface area contributed by atoms with Gasteiger partial charge in [0.05, 0.1) is 0 Å². The molecule has 2 N–H and O–H groups in total. The third-order valence-corrected chi connectivity index (χ3v) is 3.41. The van der Waals surface area contributed by atoms with Crippen LogP contribution in [0.1, 0.15) is 30.1 Å². The van der Waals surface area contributed by atoms with Crippen molar-refractivity contribution in [2.45, 2.75) is 25.4 Å². The number of hydrogen-bond donors (Lipinski definition) is 1. The molecule has 0 bridgehead atoms. The molecule has 9 heteroatoms. The first-order chi connectivity index (χ1) is 7.93. The molecule has 94 valence electrons. The SMILES string of the molecule is CC(CCN)c1nn2c(C(F)(F)F)nnc2s1. The van der Waals surface area contributed by atoms with E-state index in [1.807, 2.05) is 6.92 Å². The second-order valence-corrected chi connectivity index (χ2v) is 4.62. The van der Waals surface area contributed by atoms with Gasteiger partial charge in [0.2, 0.25) is 4.96 Å². The Labute approximate surface area is 98.4 Å². The molecule has 1 atom stereocenters. The van der Waals surface area contributed by atoms with Gasteiger partial charge in [0.1, 0.15) is 5.01 Å². The Bertz CT molecular complexity index is 517. The van der Waals surface area contributed by atoms with E-state index in [4.69, 9.17) is 5.73 Å². The van der Waals surface area contributed by atoms with Crippen LogP contribution < -0.4 is 5.73 Å². The Morgan fingerprint density at radius 3 is 2.71 bits per heavy atom. The molecule has 2 rings (SSSR count). The van der Waals surface area contributed by atoms with E-state index in [0.29, 0.717) is 18.0 Å². The second-order valence-electron chi connectivity index (χ2n) is 3.63. The molecule has 0 amide bonds. The molecule has 2 aromatic rings. The van der Waals surface area contributed by atoms with Gasteiger partial charge >= 0.3 is 6.18 Å². The number of rotatable bonds is 3. The summed E-state index contributed by atoms with van der Waals surface area (Å²) in [4.78, 5) is 0.149. The van der Waals surface area contributed by atoms with E-state index in [0.717, 1.165) is 15.9 Å². The van der Waals surface area contributed by atoms with Crippen molar-refractivity contribution in [1.82, 2.24) is 19.8 Å². The highest BCUT2D eigenvalue weighted by molar-refractivity contribution is 7.16. The Morgan fingerprint density at radius 1 is 1.41 bits per heavy atom. The van der Waals surface area contributed by atoms with E-state index < -0.39 is 12.0 Å². The summed E-state index contributed by atoms with van der Waals surface area (Å²) >= 11 is 1.10. The minimum absolute atomic E-state index is 0.0211. The molecule has 2 heterocycles. The predicted octanol–water partition coefficient (Wildman–Crippen LogP) is 1.66. The third kappa shape index (κ3) is 2.25. The maximum absolute atomic E-state index is 12.5. The molecule has 0 spiro atoms. The van der Waals surface area contributed by atoms with Gasteiger partial charge in [0.15, 0.2) is 0 Å². The van der Waals surface area contributed by atoms with Gasteiger partial charge in [-0.15, -0.1) is 10.2 Å². The van der Waals surface area contributed by atoms with Crippen LogP contribution in [0, 0.1) is 0 Å². The van der Waals surface area contributed by atoms with Crippen LogP contribution in [-0.4, -0.2) is 26.4 Å². The number of alkyl halides is 3. The van der Waals surface area contributed by atoms with Crippen molar-refractivity contribution in [3.8, 4) is 0 Å². The first kappa shape index (κ1) is 12.2. The number of fused-ring (bicyclic) bond motifs is 1. The molecular weight excluding hydrogens is 255 g/mol. The molecule has 5 nitrogen and oxygen atoms in total. The molecule has 0 aromatic carbocycles. The molecule has 0 aliphatic rings. The van der Waals surface area contributed by atoms with Crippen molar-refractivity contribution in [3.05, 3.63) is 10.8 Å². The van der Waals surface area contributed by atoms with Crippen molar-refractivity contribution >= 4 is 16.3 Å². The normalized spacial score (nSPS) is 14.4. The van der Waals surface area contributed by atoms with Crippen LogP contribution in [0.25, 0.3) is 4.96 Å². The first-order valence-corrected chi connectivity index (χ1v) is 5.74. The fraction of sp³-hybridized carbons (Fsp3) is 0.625. The standard InChI is InChI=1S/C8H10F3N5S/c1-4(2-3-12)5-15-16-6(8(9,10)11)13-14-7(16)17-5/h4H,2-3,12H2,1H3. The molecule has 0 aliphatic carbocycles. The predicted molar refractivity (Wildman–Crippen MR) is 55.7 cm³/mol. The first-order valence-electron chi connectivity index (χ1n) is 4.93. The van der Waals surface area contributed by atoms with Crippen LogP contribution in [0.3, 0.4) is 0 Å². The van der Waals surface area contributed by atoms with E-state index in [1.165, 1.54) is 0 Å². The number of hydrogen-bond acceptors (Lipinski definition) is 5. The lowest BCUT2D eigenvalue weighted by Gasteiger charge is -2.04. The summed E-state index contributed by atoms with van der Waals surface area (Å²) in [6.07, 6.45) is -3.87. The topological polar surface area (TPSA) is 69.1 Å². The van der Waals surface area contributed by atoms with E-state index >= 15 is 0 Å². The lowest BCUT2D eigenvalue weighted by Crippen LogP contribution is -2.12. The fourth-order valence-electron chi connectivity index (χ4n) is 1.38. The largest absolute Gasteiger partial charge is 0.453 e. The van der Waals surface area contributed by atoms with Crippen LogP contribution in [0.2, 0.25) is 0 Å². The van der Waals surface area contributed by atoms with Gasteiger partial charge in [-0.2, -0.15) is 22.8 Å². The fourth-order valence-corrected chi connectivity index (χ4v) is 2.31. The van der Waals surface area contributed by atoms with Crippen LogP contribution in [-0.2, 0) is 6.18 Å². The highest BCUT2D eigenvalue weighted by Gasteiger charge is 2.38. The van der Waals surface area contributed by atoms with Crippen molar-refractivity contribution in [2.24, 2.45) is 5.73 Å². The molecule has 2 aromatic heterocycles. The average molecular weight is 265 g/mol. The minimum atomic E-state index is -4.54. The highest BCUT2D eigenvalue weighted by Crippen LogP contribution is 2.30. The van der Waals surface area contributed by atoms with Gasteiger partial charge in [-0.3, -0.25) is 0 Å². The minimum Gasteiger partial charge on any atom is -0.330 e. The van der Waals surface area contributed by atoms with Crippen LogP contribution in [0.15, 0.2) is 0 Å². The molecule has 0 saturated heterocycles. The van der Waals surface area contributed by atoms with Crippen LogP contribution in [0.4, 0.5) is 13.2 Å². The summed E-state index contributed by atoms with van der Waals surface area (Å²) in [6, 6.07) is 0. The van der Waals surface area contributed by atoms with Gasteiger partial charge in [-0.05, 0) is 13.0 Å². The third-order valence-electron chi connectivity index (χ3n) is 2.28. The molecule has 0 fully saturated rings. The van der Waals surface area contributed by atoms with Crippen LogP contribution >= 0.6 is 11.3 Å². The van der Waals surface area contributed by atoms with Gasteiger partial charge in [-0.1, -0.05) is 18.3 Å². The quantitative estimate of drug-likeness (QED) is 0.916. The summed E-state index contributed by atoms with van der Waals surface area (Å²) in [7, 11) is 0. The van der Waals surface area contributed by atoms with E-state index in [1.54, 1.807) is 0 Å². The summed E-state index contributed by atoms with van der Waals surface area (Å²) < 4.78 is 38.3. The number of halogens is 3. The zero-order chi connectivity index (χ0) is 12.6. The Kier molecular flexibility index (Phi) is 3.04. The molecule has 17 heavy (non-hydrogen) atoms. The molecular formula is C8H10F3N5S. The monoisotopic (exact) mass is 265 g/mol. The molecule has 0 radical (unpaired) electrons. The Morgan fingerprint density at radius 2 is 2.12 bits per heavy atom. The smallest absolute Gasteiger partial charge is 0.330 e. The van der Waals surface area contributed by atoms with Gasteiger partial charge in [0, 0.05) is 5.92 Å². The molecule has 0 aliphatic heterocycles. The van der Waals surface area contributed by atoms with E-state index in [2.05, 4.69) is 15.3 Å². The Hall–Kier alpha value is -1.22. The lowest BCUT2D eigenvalue weighted by atomic mass is 10.1. The van der Waals surface area contributed by atoms with Crippen molar-refractivity contribution in [3.63, 3.8) is 0 Å². The van der Waals surface area contributed by atoms with Crippen LogP contribution in [0.5, 0.6) is 0 Å².